The highest BCUT2D eigenvalue weighted by Gasteiger charge is 2.26. The van der Waals surface area contributed by atoms with Crippen molar-refractivity contribution in [3.05, 3.63) is 35.9 Å². The van der Waals surface area contributed by atoms with E-state index < -0.39 is 0 Å². The Labute approximate surface area is 141 Å². The fraction of sp³-hybridized carbons (Fsp3) is 0.562. The summed E-state index contributed by atoms with van der Waals surface area (Å²) < 4.78 is 1.92. The van der Waals surface area contributed by atoms with Crippen LogP contribution in [0.5, 0.6) is 0 Å². The van der Waals surface area contributed by atoms with Crippen LogP contribution in [0.1, 0.15) is 43.1 Å². The summed E-state index contributed by atoms with van der Waals surface area (Å²) in [5.41, 5.74) is 0.877. The molecule has 1 N–H and O–H groups in total. The molecule has 0 fully saturated rings. The average Bonchev–Trinajstić information content (AvgIpc) is 3.05. The zero-order valence-corrected chi connectivity index (χ0v) is 14.1. The predicted octanol–water partition coefficient (Wildman–Crippen LogP) is 1.35. The number of fused-ring (bicyclic) bond motifs is 1. The molecular weight excluding hydrogens is 306 g/mol. The third-order valence-corrected chi connectivity index (χ3v) is 4.20. The Morgan fingerprint density at radius 1 is 1.46 bits per heavy atom. The van der Waals surface area contributed by atoms with E-state index in [0.29, 0.717) is 13.0 Å². The maximum atomic E-state index is 12.4. The van der Waals surface area contributed by atoms with Crippen LogP contribution in [-0.2, 0) is 19.4 Å². The lowest BCUT2D eigenvalue weighted by molar-refractivity contribution is 0.201. The number of amides is 2. The number of carbonyl (C=O) groups excluding carboxylic acids is 1. The minimum Gasteiger partial charge on any atom is -0.328 e. The van der Waals surface area contributed by atoms with Crippen LogP contribution in [0, 0.1) is 0 Å². The molecule has 0 aromatic carbocycles. The molecule has 8 nitrogen and oxygen atoms in total. The molecule has 0 saturated heterocycles. The minimum atomic E-state index is -0.0987. The fourth-order valence-corrected chi connectivity index (χ4v) is 2.79. The van der Waals surface area contributed by atoms with E-state index in [2.05, 4.69) is 25.4 Å². The molecule has 1 aliphatic heterocycles. The van der Waals surface area contributed by atoms with Crippen LogP contribution < -0.4 is 5.32 Å². The smallest absolute Gasteiger partial charge is 0.317 e. The first-order valence-corrected chi connectivity index (χ1v) is 8.37. The Morgan fingerprint density at radius 3 is 3.08 bits per heavy atom. The van der Waals surface area contributed by atoms with Gasteiger partial charge in [-0.25, -0.2) is 14.5 Å². The Balaban J connectivity index is 1.58. The zero-order valence-electron chi connectivity index (χ0n) is 14.1. The van der Waals surface area contributed by atoms with Gasteiger partial charge in [-0.2, -0.15) is 5.10 Å². The lowest BCUT2D eigenvalue weighted by Crippen LogP contribution is -2.42. The number of nitrogens with zero attached hydrogens (tertiary/aromatic N) is 6. The topological polar surface area (TPSA) is 88.8 Å². The summed E-state index contributed by atoms with van der Waals surface area (Å²) >= 11 is 0. The monoisotopic (exact) mass is 329 g/mol. The van der Waals surface area contributed by atoms with Crippen LogP contribution in [0.15, 0.2) is 18.6 Å². The van der Waals surface area contributed by atoms with Gasteiger partial charge in [0.05, 0.1) is 11.7 Å². The molecule has 3 rings (SSSR count). The number of likely N-dealkylation sites (N-methyl/N-ethyl adjacent to an activating group) is 1. The van der Waals surface area contributed by atoms with Crippen molar-refractivity contribution >= 4 is 6.03 Å². The van der Waals surface area contributed by atoms with Gasteiger partial charge in [0.1, 0.15) is 5.82 Å². The van der Waals surface area contributed by atoms with Crippen molar-refractivity contribution in [2.45, 2.75) is 45.2 Å². The summed E-state index contributed by atoms with van der Waals surface area (Å²) in [4.78, 5) is 26.9. The Morgan fingerprint density at radius 2 is 2.33 bits per heavy atom. The van der Waals surface area contributed by atoms with E-state index in [1.807, 2.05) is 11.6 Å². The molecule has 0 radical (unpaired) electrons. The van der Waals surface area contributed by atoms with E-state index in [1.54, 1.807) is 30.5 Å². The normalized spacial score (nSPS) is 16.5. The standard InChI is InChI=1S/C16H23N7O/c1-3-14-20-15-13(5-4-9-23(15)21-14)19-16(24)22(2)10-6-12-11-17-7-8-18-12/h7-8,11,13H,3-6,9-10H2,1-2H3,(H,19,24). The number of aryl methyl sites for hydroxylation is 2. The van der Waals surface area contributed by atoms with Crippen molar-refractivity contribution in [3.8, 4) is 0 Å². The van der Waals surface area contributed by atoms with Crippen LogP contribution in [0.3, 0.4) is 0 Å². The molecule has 1 aliphatic rings. The molecule has 0 saturated carbocycles. The molecule has 0 spiro atoms. The van der Waals surface area contributed by atoms with Crippen LogP contribution in [0.25, 0.3) is 0 Å². The van der Waals surface area contributed by atoms with Crippen LogP contribution in [-0.4, -0.2) is 49.3 Å². The third kappa shape index (κ3) is 3.69. The SMILES string of the molecule is CCc1nc2n(n1)CCCC2NC(=O)N(C)CCc1cnccn1. The number of hydrogen-bond acceptors (Lipinski definition) is 5. The first-order valence-electron chi connectivity index (χ1n) is 8.37. The largest absolute Gasteiger partial charge is 0.328 e. The zero-order chi connectivity index (χ0) is 16.9. The van der Waals surface area contributed by atoms with Gasteiger partial charge in [0.2, 0.25) is 0 Å². The molecule has 3 heterocycles. The highest BCUT2D eigenvalue weighted by molar-refractivity contribution is 5.74. The number of aromatic nitrogens is 5. The van der Waals surface area contributed by atoms with Gasteiger partial charge >= 0.3 is 6.03 Å². The van der Waals surface area contributed by atoms with Gasteiger partial charge in [-0.05, 0) is 12.8 Å². The molecule has 1 unspecified atom stereocenters. The first-order chi connectivity index (χ1) is 11.7. The molecule has 24 heavy (non-hydrogen) atoms. The van der Waals surface area contributed by atoms with E-state index in [9.17, 15) is 4.79 Å². The third-order valence-electron chi connectivity index (χ3n) is 4.20. The van der Waals surface area contributed by atoms with Crippen molar-refractivity contribution in [1.29, 1.82) is 0 Å². The molecular formula is C16H23N7O. The summed E-state index contributed by atoms with van der Waals surface area (Å²) in [6.07, 6.45) is 8.40. The van der Waals surface area contributed by atoms with Gasteiger partial charge in [-0.1, -0.05) is 6.92 Å². The second-order valence-electron chi connectivity index (χ2n) is 5.98. The van der Waals surface area contributed by atoms with Crippen LogP contribution in [0.4, 0.5) is 4.79 Å². The molecule has 2 aromatic rings. The minimum absolute atomic E-state index is 0.0713. The van der Waals surface area contributed by atoms with E-state index >= 15 is 0 Å². The Bertz CT molecular complexity index is 685. The second-order valence-corrected chi connectivity index (χ2v) is 5.98. The van der Waals surface area contributed by atoms with E-state index in [4.69, 9.17) is 0 Å². The maximum Gasteiger partial charge on any atom is 0.317 e. The lowest BCUT2D eigenvalue weighted by Gasteiger charge is -2.26. The summed E-state index contributed by atoms with van der Waals surface area (Å²) in [6.45, 7) is 3.50. The summed E-state index contributed by atoms with van der Waals surface area (Å²) in [5.74, 6) is 1.70. The first kappa shape index (κ1) is 16.4. The Hall–Kier alpha value is -2.51. The quantitative estimate of drug-likeness (QED) is 0.894. The van der Waals surface area contributed by atoms with Gasteiger partial charge in [-0.3, -0.25) is 9.97 Å². The van der Waals surface area contributed by atoms with Gasteiger partial charge in [0.25, 0.3) is 0 Å². The highest BCUT2D eigenvalue weighted by Crippen LogP contribution is 2.23. The number of urea groups is 1. The number of carbonyl (C=O) groups is 1. The maximum absolute atomic E-state index is 12.4. The van der Waals surface area contributed by atoms with Crippen LogP contribution >= 0.6 is 0 Å². The molecule has 0 bridgehead atoms. The number of rotatable bonds is 5. The second kappa shape index (κ2) is 7.37. The number of nitrogens with one attached hydrogen (secondary N) is 1. The van der Waals surface area contributed by atoms with Crippen molar-refractivity contribution in [3.63, 3.8) is 0 Å². The highest BCUT2D eigenvalue weighted by atomic mass is 16.2. The molecule has 1 atom stereocenters. The van der Waals surface area contributed by atoms with Gasteiger partial charge in [0.15, 0.2) is 5.82 Å². The average molecular weight is 329 g/mol. The van der Waals surface area contributed by atoms with Crippen molar-refractivity contribution in [1.82, 2.24) is 34.9 Å². The van der Waals surface area contributed by atoms with Crippen molar-refractivity contribution in [2.24, 2.45) is 0 Å². The van der Waals surface area contributed by atoms with Gasteiger partial charge in [-0.15, -0.1) is 0 Å². The van der Waals surface area contributed by atoms with Crippen molar-refractivity contribution < 1.29 is 4.79 Å². The summed E-state index contributed by atoms with van der Waals surface area (Å²) in [6, 6.07) is -0.170. The molecule has 0 aliphatic carbocycles. The van der Waals surface area contributed by atoms with E-state index in [1.165, 1.54) is 0 Å². The fourth-order valence-electron chi connectivity index (χ4n) is 2.79. The van der Waals surface area contributed by atoms with E-state index in [0.717, 1.165) is 43.1 Å². The van der Waals surface area contributed by atoms with Crippen LogP contribution in [0.2, 0.25) is 0 Å². The predicted molar refractivity (Wildman–Crippen MR) is 88.3 cm³/mol. The summed E-state index contributed by atoms with van der Waals surface area (Å²) in [5, 5.41) is 7.55. The van der Waals surface area contributed by atoms with E-state index in [-0.39, 0.29) is 12.1 Å². The Kier molecular flexibility index (Phi) is 5.02. The number of hydrogen-bond donors (Lipinski definition) is 1. The molecule has 8 heteroatoms. The van der Waals surface area contributed by atoms with Gasteiger partial charge < -0.3 is 10.2 Å². The molecule has 2 amide bonds. The van der Waals surface area contributed by atoms with Gasteiger partial charge in [0, 0.05) is 51.6 Å². The molecule has 128 valence electrons. The van der Waals surface area contributed by atoms with Crippen molar-refractivity contribution in [2.75, 3.05) is 13.6 Å². The lowest BCUT2D eigenvalue weighted by atomic mass is 10.1. The molecule has 2 aromatic heterocycles. The summed E-state index contributed by atoms with van der Waals surface area (Å²) in [7, 11) is 1.79.